The van der Waals surface area contributed by atoms with Crippen LogP contribution in [0.5, 0.6) is 0 Å². The third kappa shape index (κ3) is 3.32. The van der Waals surface area contributed by atoms with Gasteiger partial charge in [-0.3, -0.25) is 0 Å². The first-order valence-corrected chi connectivity index (χ1v) is 7.97. The number of hydrogen-bond donors (Lipinski definition) is 2. The van der Waals surface area contributed by atoms with E-state index in [0.717, 1.165) is 42.2 Å². The molecule has 0 saturated carbocycles. The van der Waals surface area contributed by atoms with Crippen molar-refractivity contribution in [3.05, 3.63) is 35.3 Å². The van der Waals surface area contributed by atoms with Crippen molar-refractivity contribution >= 4 is 16.9 Å². The Labute approximate surface area is 134 Å². The number of hydrogen-bond acceptors (Lipinski definition) is 3. The van der Waals surface area contributed by atoms with Crippen LogP contribution in [0.15, 0.2) is 27.6 Å². The molecule has 3 rings (SSSR count). The van der Waals surface area contributed by atoms with Gasteiger partial charge >= 0.3 is 0 Å². The molecule has 1 aromatic carbocycles. The van der Waals surface area contributed by atoms with Crippen molar-refractivity contribution in [1.82, 2.24) is 10.2 Å². The molecular formula is C17H22FN3O2. The molecule has 0 bridgehead atoms. The van der Waals surface area contributed by atoms with Gasteiger partial charge in [-0.2, -0.15) is 0 Å². The first kappa shape index (κ1) is 15.8. The molecular weight excluding hydrogens is 297 g/mol. The molecule has 0 aliphatic carbocycles. The first-order chi connectivity index (χ1) is 11.1. The highest BCUT2D eigenvalue weighted by Gasteiger charge is 2.23. The second-order valence-corrected chi connectivity index (χ2v) is 5.85. The Kier molecular flexibility index (Phi) is 4.52. The van der Waals surface area contributed by atoms with Crippen LogP contribution in [0.3, 0.4) is 0 Å². The van der Waals surface area contributed by atoms with Gasteiger partial charge in [0.15, 0.2) is 5.96 Å². The largest absolute Gasteiger partial charge is 0.459 e. The maximum absolute atomic E-state index is 13.4. The number of aliphatic hydroxyl groups is 1. The van der Waals surface area contributed by atoms with Gasteiger partial charge in [-0.05, 0) is 38.5 Å². The van der Waals surface area contributed by atoms with E-state index >= 15 is 0 Å². The number of rotatable bonds is 3. The molecule has 6 heteroatoms. The summed E-state index contributed by atoms with van der Waals surface area (Å²) in [5, 5.41) is 13.7. The predicted octanol–water partition coefficient (Wildman–Crippen LogP) is 2.41. The highest BCUT2D eigenvalue weighted by molar-refractivity contribution is 5.83. The molecule has 0 radical (unpaired) electrons. The third-order valence-electron chi connectivity index (χ3n) is 4.17. The van der Waals surface area contributed by atoms with Gasteiger partial charge in [0, 0.05) is 30.6 Å². The average molecular weight is 319 g/mol. The second kappa shape index (κ2) is 6.58. The van der Waals surface area contributed by atoms with Gasteiger partial charge in [-0.25, -0.2) is 9.38 Å². The van der Waals surface area contributed by atoms with Crippen molar-refractivity contribution in [3.63, 3.8) is 0 Å². The molecule has 23 heavy (non-hydrogen) atoms. The van der Waals surface area contributed by atoms with Crippen LogP contribution in [0.2, 0.25) is 0 Å². The number of aliphatic hydroxyl groups excluding tert-OH is 1. The number of aliphatic imine (C=N–C) groups is 1. The molecule has 0 amide bonds. The summed E-state index contributed by atoms with van der Waals surface area (Å²) in [5.41, 5.74) is 1.59. The number of fused-ring (bicyclic) bond motifs is 1. The molecule has 2 heterocycles. The number of nitrogens with zero attached hydrogens (tertiary/aromatic N) is 2. The minimum atomic E-state index is -0.297. The molecule has 0 spiro atoms. The van der Waals surface area contributed by atoms with Crippen LogP contribution < -0.4 is 5.32 Å². The molecule has 1 aliphatic rings. The zero-order valence-corrected chi connectivity index (χ0v) is 13.5. The fraction of sp³-hybridized carbons (Fsp3) is 0.471. The molecule has 124 valence electrons. The smallest absolute Gasteiger partial charge is 0.194 e. The Hall–Kier alpha value is -2.08. The highest BCUT2D eigenvalue weighted by Crippen LogP contribution is 2.26. The lowest BCUT2D eigenvalue weighted by atomic mass is 10.1. The first-order valence-electron chi connectivity index (χ1n) is 7.97. The minimum Gasteiger partial charge on any atom is -0.459 e. The van der Waals surface area contributed by atoms with E-state index in [1.807, 2.05) is 18.7 Å². The van der Waals surface area contributed by atoms with Crippen molar-refractivity contribution < 1.29 is 13.9 Å². The number of guanidine groups is 1. The SMILES string of the molecule is CCNC(=NCc1oc2ccc(F)cc2c1C)N1CC[C@@H](O)C1. The van der Waals surface area contributed by atoms with E-state index in [2.05, 4.69) is 10.3 Å². The summed E-state index contributed by atoms with van der Waals surface area (Å²) in [7, 11) is 0. The average Bonchev–Trinajstić information content (AvgIpc) is 3.08. The summed E-state index contributed by atoms with van der Waals surface area (Å²) >= 11 is 0. The fourth-order valence-electron chi connectivity index (χ4n) is 2.90. The normalized spacial score (nSPS) is 18.9. The van der Waals surface area contributed by atoms with Gasteiger partial charge in [-0.1, -0.05) is 0 Å². The standard InChI is InChI=1S/C17H22FN3O2/c1-3-19-17(21-7-6-13(22)10-21)20-9-16-11(2)14-8-12(18)4-5-15(14)23-16/h4-5,8,13,22H,3,6-7,9-10H2,1-2H3,(H,19,20)/t13-/m1/s1. The number of likely N-dealkylation sites (tertiary alicyclic amines) is 1. The Morgan fingerprint density at radius 3 is 3.04 bits per heavy atom. The summed E-state index contributed by atoms with van der Waals surface area (Å²) in [4.78, 5) is 6.66. The Morgan fingerprint density at radius 2 is 2.35 bits per heavy atom. The molecule has 1 saturated heterocycles. The predicted molar refractivity (Wildman–Crippen MR) is 87.9 cm³/mol. The molecule has 1 atom stereocenters. The van der Waals surface area contributed by atoms with Crippen LogP contribution >= 0.6 is 0 Å². The fourth-order valence-corrected chi connectivity index (χ4v) is 2.90. The highest BCUT2D eigenvalue weighted by atomic mass is 19.1. The molecule has 1 aliphatic heterocycles. The van der Waals surface area contributed by atoms with Crippen LogP contribution in [-0.4, -0.2) is 41.7 Å². The van der Waals surface area contributed by atoms with Crippen molar-refractivity contribution in [2.45, 2.75) is 32.9 Å². The zero-order chi connectivity index (χ0) is 16.4. The zero-order valence-electron chi connectivity index (χ0n) is 13.5. The van der Waals surface area contributed by atoms with Gasteiger partial charge in [0.05, 0.1) is 6.10 Å². The molecule has 1 fully saturated rings. The lowest BCUT2D eigenvalue weighted by Gasteiger charge is -2.20. The minimum absolute atomic E-state index is 0.268. The van der Waals surface area contributed by atoms with E-state index < -0.39 is 0 Å². The van der Waals surface area contributed by atoms with E-state index in [0.29, 0.717) is 18.7 Å². The van der Waals surface area contributed by atoms with Crippen molar-refractivity contribution in [1.29, 1.82) is 0 Å². The van der Waals surface area contributed by atoms with Gasteiger partial charge in [0.2, 0.25) is 0 Å². The van der Waals surface area contributed by atoms with E-state index in [9.17, 15) is 9.50 Å². The molecule has 1 aromatic heterocycles. The van der Waals surface area contributed by atoms with Gasteiger partial charge in [0.1, 0.15) is 23.7 Å². The third-order valence-corrected chi connectivity index (χ3v) is 4.17. The number of β-amino-alcohol motifs (C(OH)–C–C–N with tert-alkyl or cyclic N) is 1. The van der Waals surface area contributed by atoms with Crippen molar-refractivity contribution in [3.8, 4) is 0 Å². The maximum Gasteiger partial charge on any atom is 0.194 e. The second-order valence-electron chi connectivity index (χ2n) is 5.85. The van der Waals surface area contributed by atoms with Crippen LogP contribution in [0, 0.1) is 12.7 Å². The Morgan fingerprint density at radius 1 is 1.52 bits per heavy atom. The maximum atomic E-state index is 13.4. The Balaban J connectivity index is 1.83. The summed E-state index contributed by atoms with van der Waals surface area (Å²) in [6.07, 6.45) is 0.461. The lowest BCUT2D eigenvalue weighted by Crippen LogP contribution is -2.40. The van der Waals surface area contributed by atoms with Crippen LogP contribution in [0.4, 0.5) is 4.39 Å². The van der Waals surface area contributed by atoms with E-state index in [1.54, 1.807) is 6.07 Å². The van der Waals surface area contributed by atoms with Gasteiger partial charge in [0.25, 0.3) is 0 Å². The summed E-state index contributed by atoms with van der Waals surface area (Å²) in [5.74, 6) is 1.24. The Bertz CT molecular complexity index is 726. The number of furan rings is 1. The van der Waals surface area contributed by atoms with E-state index in [-0.39, 0.29) is 11.9 Å². The van der Waals surface area contributed by atoms with Crippen molar-refractivity contribution in [2.75, 3.05) is 19.6 Å². The van der Waals surface area contributed by atoms with E-state index in [1.165, 1.54) is 12.1 Å². The molecule has 5 nitrogen and oxygen atoms in total. The van der Waals surface area contributed by atoms with Gasteiger partial charge < -0.3 is 19.7 Å². The summed E-state index contributed by atoms with van der Waals surface area (Å²) in [6.45, 7) is 6.46. The van der Waals surface area contributed by atoms with Crippen LogP contribution in [-0.2, 0) is 6.54 Å². The molecule has 0 unspecified atom stereocenters. The topological polar surface area (TPSA) is 61.0 Å². The van der Waals surface area contributed by atoms with Crippen LogP contribution in [0.1, 0.15) is 24.7 Å². The van der Waals surface area contributed by atoms with E-state index in [4.69, 9.17) is 4.42 Å². The number of aryl methyl sites for hydroxylation is 1. The summed E-state index contributed by atoms with van der Waals surface area (Å²) in [6, 6.07) is 4.53. The number of benzene rings is 1. The lowest BCUT2D eigenvalue weighted by molar-refractivity contribution is 0.188. The van der Waals surface area contributed by atoms with Crippen LogP contribution in [0.25, 0.3) is 11.0 Å². The molecule has 2 N–H and O–H groups in total. The monoisotopic (exact) mass is 319 g/mol. The van der Waals surface area contributed by atoms with Gasteiger partial charge in [-0.15, -0.1) is 0 Å². The molecule has 2 aromatic rings. The number of halogens is 1. The summed E-state index contributed by atoms with van der Waals surface area (Å²) < 4.78 is 19.2. The van der Waals surface area contributed by atoms with Crippen molar-refractivity contribution in [2.24, 2.45) is 4.99 Å². The number of nitrogens with one attached hydrogen (secondary N) is 1. The quantitative estimate of drug-likeness (QED) is 0.674.